The molecule has 0 radical (unpaired) electrons. The molecule has 2 saturated heterocycles. The van der Waals surface area contributed by atoms with E-state index in [9.17, 15) is 0 Å². The van der Waals surface area contributed by atoms with Crippen LogP contribution >= 0.6 is 0 Å². The smallest absolute Gasteiger partial charge is 0.0867 e. The first kappa shape index (κ1) is 9.13. The van der Waals surface area contributed by atoms with Gasteiger partial charge in [-0.1, -0.05) is 6.92 Å². The molecule has 0 amide bonds. The molecule has 2 aliphatic heterocycles. The van der Waals surface area contributed by atoms with Gasteiger partial charge >= 0.3 is 0 Å². The van der Waals surface area contributed by atoms with E-state index in [0.717, 1.165) is 26.2 Å². The second-order valence-corrected chi connectivity index (χ2v) is 5.42. The van der Waals surface area contributed by atoms with Crippen molar-refractivity contribution in [2.24, 2.45) is 5.41 Å². The Labute approximate surface area is 85.8 Å². The molecule has 3 heteroatoms. The highest BCUT2D eigenvalue weighted by atomic mass is 16.5. The van der Waals surface area contributed by atoms with Gasteiger partial charge in [-0.2, -0.15) is 0 Å². The van der Waals surface area contributed by atoms with E-state index in [1.54, 1.807) is 0 Å². The van der Waals surface area contributed by atoms with Crippen molar-refractivity contribution >= 4 is 0 Å². The first-order valence-corrected chi connectivity index (χ1v) is 5.83. The van der Waals surface area contributed by atoms with Gasteiger partial charge in [0.25, 0.3) is 0 Å². The van der Waals surface area contributed by atoms with E-state index >= 15 is 0 Å². The predicted molar refractivity (Wildman–Crippen MR) is 55.3 cm³/mol. The Morgan fingerprint density at radius 2 is 2.29 bits per heavy atom. The lowest BCUT2D eigenvalue weighted by Gasteiger charge is -2.38. The van der Waals surface area contributed by atoms with E-state index in [-0.39, 0.29) is 0 Å². The minimum atomic E-state index is 0.464. The molecular weight excluding hydrogens is 176 g/mol. The van der Waals surface area contributed by atoms with Crippen LogP contribution in [-0.2, 0) is 4.74 Å². The maximum Gasteiger partial charge on any atom is 0.0867 e. The quantitative estimate of drug-likeness (QED) is 0.694. The molecule has 1 N–H and O–H groups in total. The van der Waals surface area contributed by atoms with Gasteiger partial charge in [0.2, 0.25) is 0 Å². The Bertz CT molecular complexity index is 227. The number of morpholine rings is 1. The van der Waals surface area contributed by atoms with Gasteiger partial charge in [-0.25, -0.2) is 0 Å². The number of nitrogens with one attached hydrogen (secondary N) is 1. The maximum atomic E-state index is 5.76. The minimum absolute atomic E-state index is 0.464. The Balaban J connectivity index is 1.65. The first-order chi connectivity index (χ1) is 6.77. The Morgan fingerprint density at radius 3 is 3.07 bits per heavy atom. The Morgan fingerprint density at radius 1 is 1.43 bits per heavy atom. The molecular formula is C11H20N2O. The summed E-state index contributed by atoms with van der Waals surface area (Å²) < 4.78 is 5.76. The van der Waals surface area contributed by atoms with Crippen LogP contribution in [0.5, 0.6) is 0 Å². The van der Waals surface area contributed by atoms with Crippen LogP contribution in [0.2, 0.25) is 0 Å². The first-order valence-electron chi connectivity index (χ1n) is 5.83. The third-order valence-electron chi connectivity index (χ3n) is 4.00. The molecule has 80 valence electrons. The van der Waals surface area contributed by atoms with Crippen molar-refractivity contribution in [2.45, 2.75) is 31.9 Å². The Kier molecular flexibility index (Phi) is 2.08. The third kappa shape index (κ3) is 1.58. The molecule has 14 heavy (non-hydrogen) atoms. The number of hydrogen-bond donors (Lipinski definition) is 1. The van der Waals surface area contributed by atoms with Gasteiger partial charge in [0, 0.05) is 32.2 Å². The van der Waals surface area contributed by atoms with Gasteiger partial charge in [0.15, 0.2) is 0 Å². The van der Waals surface area contributed by atoms with E-state index in [1.165, 1.54) is 19.4 Å². The zero-order chi connectivity index (χ0) is 9.60. The summed E-state index contributed by atoms with van der Waals surface area (Å²) >= 11 is 0. The fourth-order valence-electron chi connectivity index (χ4n) is 2.72. The largest absolute Gasteiger partial charge is 0.374 e. The topological polar surface area (TPSA) is 24.5 Å². The van der Waals surface area contributed by atoms with Crippen molar-refractivity contribution in [3.63, 3.8) is 0 Å². The molecule has 0 aromatic rings. The van der Waals surface area contributed by atoms with Crippen LogP contribution in [0.25, 0.3) is 0 Å². The predicted octanol–water partition coefficient (Wildman–Crippen LogP) is 0.459. The average molecular weight is 196 g/mol. The fourth-order valence-corrected chi connectivity index (χ4v) is 2.72. The number of ether oxygens (including phenoxy) is 1. The summed E-state index contributed by atoms with van der Waals surface area (Å²) in [5.41, 5.74) is 0.643. The summed E-state index contributed by atoms with van der Waals surface area (Å²) in [4.78, 5) is 2.65. The minimum Gasteiger partial charge on any atom is -0.374 e. The van der Waals surface area contributed by atoms with Gasteiger partial charge in [0.05, 0.1) is 12.7 Å². The highest BCUT2D eigenvalue weighted by molar-refractivity contribution is 4.98. The summed E-state index contributed by atoms with van der Waals surface area (Å²) in [6.45, 7) is 7.95. The van der Waals surface area contributed by atoms with Crippen molar-refractivity contribution in [3.8, 4) is 0 Å². The lowest BCUT2D eigenvalue weighted by atomic mass is 10.1. The molecule has 1 aliphatic carbocycles. The Hall–Kier alpha value is -0.120. The second kappa shape index (κ2) is 3.19. The summed E-state index contributed by atoms with van der Waals surface area (Å²) in [5.74, 6) is 0. The summed E-state index contributed by atoms with van der Waals surface area (Å²) in [6.07, 6.45) is 3.32. The molecule has 3 aliphatic rings. The van der Waals surface area contributed by atoms with Crippen LogP contribution < -0.4 is 5.32 Å². The van der Waals surface area contributed by atoms with Crippen LogP contribution in [-0.4, -0.2) is 49.8 Å². The number of rotatable bonds is 2. The standard InChI is InChI=1S/C11H20N2O/c1-11(2-3-11)8-13-4-5-14-10-7-12-6-9(10)13/h9-10,12H,2-8H2,1H3/t9-,10+/m1/s1. The van der Waals surface area contributed by atoms with Gasteiger partial charge in [-0.15, -0.1) is 0 Å². The SMILES string of the molecule is CC1(CN2CCO[C@H]3CNC[C@H]32)CC1. The van der Waals surface area contributed by atoms with E-state index < -0.39 is 0 Å². The molecule has 3 fully saturated rings. The molecule has 0 aromatic heterocycles. The van der Waals surface area contributed by atoms with Gasteiger partial charge in [-0.05, 0) is 18.3 Å². The molecule has 0 unspecified atom stereocenters. The highest BCUT2D eigenvalue weighted by Gasteiger charge is 2.43. The molecule has 2 heterocycles. The summed E-state index contributed by atoms with van der Waals surface area (Å²) in [6, 6.07) is 0.654. The zero-order valence-corrected chi connectivity index (χ0v) is 8.96. The van der Waals surface area contributed by atoms with Gasteiger partial charge in [-0.3, -0.25) is 4.90 Å². The summed E-state index contributed by atoms with van der Waals surface area (Å²) in [5, 5.41) is 3.43. The number of fused-ring (bicyclic) bond motifs is 1. The molecule has 0 spiro atoms. The molecule has 1 saturated carbocycles. The monoisotopic (exact) mass is 196 g/mol. The van der Waals surface area contributed by atoms with Crippen LogP contribution in [0.15, 0.2) is 0 Å². The van der Waals surface area contributed by atoms with Gasteiger partial charge in [0.1, 0.15) is 0 Å². The second-order valence-electron chi connectivity index (χ2n) is 5.42. The van der Waals surface area contributed by atoms with Crippen molar-refractivity contribution in [2.75, 3.05) is 32.8 Å². The highest BCUT2D eigenvalue weighted by Crippen LogP contribution is 2.46. The molecule has 3 rings (SSSR count). The van der Waals surface area contributed by atoms with Crippen molar-refractivity contribution < 1.29 is 4.74 Å². The maximum absolute atomic E-state index is 5.76. The van der Waals surface area contributed by atoms with E-state index in [0.29, 0.717) is 17.6 Å². The van der Waals surface area contributed by atoms with Crippen LogP contribution in [0.3, 0.4) is 0 Å². The van der Waals surface area contributed by atoms with Crippen LogP contribution in [0.1, 0.15) is 19.8 Å². The lowest BCUT2D eigenvalue weighted by molar-refractivity contribution is -0.0522. The van der Waals surface area contributed by atoms with Crippen LogP contribution in [0, 0.1) is 5.41 Å². The molecule has 2 atom stereocenters. The van der Waals surface area contributed by atoms with E-state index in [4.69, 9.17) is 4.74 Å². The van der Waals surface area contributed by atoms with E-state index in [2.05, 4.69) is 17.1 Å². The van der Waals surface area contributed by atoms with Crippen LogP contribution in [0.4, 0.5) is 0 Å². The number of nitrogens with zero attached hydrogens (tertiary/aromatic N) is 1. The molecule has 0 bridgehead atoms. The van der Waals surface area contributed by atoms with Crippen molar-refractivity contribution in [1.29, 1.82) is 0 Å². The van der Waals surface area contributed by atoms with E-state index in [1.807, 2.05) is 0 Å². The lowest BCUT2D eigenvalue weighted by Crippen LogP contribution is -2.52. The van der Waals surface area contributed by atoms with Gasteiger partial charge < -0.3 is 10.1 Å². The summed E-state index contributed by atoms with van der Waals surface area (Å²) in [7, 11) is 0. The molecule has 3 nitrogen and oxygen atoms in total. The third-order valence-corrected chi connectivity index (χ3v) is 4.00. The molecule has 0 aromatic carbocycles. The number of hydrogen-bond acceptors (Lipinski definition) is 3. The normalized spacial score (nSPS) is 40.9. The zero-order valence-electron chi connectivity index (χ0n) is 8.96. The fraction of sp³-hybridized carbons (Fsp3) is 1.00. The average Bonchev–Trinajstić information content (AvgIpc) is 2.73. The van der Waals surface area contributed by atoms with Crippen molar-refractivity contribution in [3.05, 3.63) is 0 Å². The van der Waals surface area contributed by atoms with Crippen molar-refractivity contribution in [1.82, 2.24) is 10.2 Å².